The van der Waals surface area contributed by atoms with Crippen LogP contribution in [0.25, 0.3) is 0 Å². The largest absolute Gasteiger partial charge is 0.496 e. The Labute approximate surface area is 126 Å². The lowest BCUT2D eigenvalue weighted by Crippen LogP contribution is -2.04. The van der Waals surface area contributed by atoms with Crippen molar-refractivity contribution in [3.05, 3.63) is 58.1 Å². The van der Waals surface area contributed by atoms with Crippen LogP contribution in [0.3, 0.4) is 0 Å². The van der Waals surface area contributed by atoms with Gasteiger partial charge in [0.05, 0.1) is 7.11 Å². The van der Waals surface area contributed by atoms with Crippen LogP contribution in [0, 0.1) is 0 Å². The maximum atomic E-state index is 11.7. The number of ketones is 1. The Bertz CT molecular complexity index is 606. The fourth-order valence-corrected chi connectivity index (χ4v) is 2.15. The van der Waals surface area contributed by atoms with Crippen LogP contribution in [0.2, 0.25) is 0 Å². The van der Waals surface area contributed by atoms with Crippen molar-refractivity contribution in [2.24, 2.45) is 0 Å². The smallest absolute Gasteiger partial charge is 0.167 e. The summed E-state index contributed by atoms with van der Waals surface area (Å²) in [5.41, 5.74) is 1.51. The van der Waals surface area contributed by atoms with E-state index in [0.717, 1.165) is 10.0 Å². The Morgan fingerprint density at radius 1 is 1.10 bits per heavy atom. The number of hydrogen-bond donors (Lipinski definition) is 0. The van der Waals surface area contributed by atoms with Gasteiger partial charge < -0.3 is 9.47 Å². The van der Waals surface area contributed by atoms with Crippen LogP contribution >= 0.6 is 15.9 Å². The van der Waals surface area contributed by atoms with Gasteiger partial charge in [-0.25, -0.2) is 0 Å². The number of rotatable bonds is 5. The Morgan fingerprint density at radius 2 is 1.75 bits per heavy atom. The third-order valence-corrected chi connectivity index (χ3v) is 3.40. The Hall–Kier alpha value is -1.81. The maximum absolute atomic E-state index is 11.7. The van der Waals surface area contributed by atoms with Gasteiger partial charge in [-0.05, 0) is 36.8 Å². The van der Waals surface area contributed by atoms with Gasteiger partial charge in [0.2, 0.25) is 0 Å². The molecule has 4 heteroatoms. The highest BCUT2D eigenvalue weighted by Gasteiger charge is 2.14. The van der Waals surface area contributed by atoms with Crippen LogP contribution in [0.15, 0.2) is 46.9 Å². The summed E-state index contributed by atoms with van der Waals surface area (Å²) in [6.45, 7) is 1.91. The minimum Gasteiger partial charge on any atom is -0.496 e. The summed E-state index contributed by atoms with van der Waals surface area (Å²) in [7, 11) is 1.54. The van der Waals surface area contributed by atoms with Crippen LogP contribution < -0.4 is 9.47 Å². The van der Waals surface area contributed by atoms with Gasteiger partial charge in [-0.3, -0.25) is 4.79 Å². The van der Waals surface area contributed by atoms with Crippen molar-refractivity contribution in [3.63, 3.8) is 0 Å². The predicted molar refractivity (Wildman–Crippen MR) is 81.5 cm³/mol. The van der Waals surface area contributed by atoms with E-state index in [1.807, 2.05) is 30.3 Å². The minimum absolute atomic E-state index is 0.0757. The zero-order chi connectivity index (χ0) is 14.5. The molecular formula is C16H15BrO3. The first-order valence-electron chi connectivity index (χ1n) is 6.17. The van der Waals surface area contributed by atoms with E-state index < -0.39 is 0 Å². The SMILES string of the molecule is COc1cccc(OCc2ccc(Br)cc2)c1C(C)=O. The molecule has 104 valence electrons. The summed E-state index contributed by atoms with van der Waals surface area (Å²) in [6.07, 6.45) is 0. The molecule has 0 atom stereocenters. The Kier molecular flexibility index (Phi) is 4.79. The predicted octanol–water partition coefficient (Wildman–Crippen LogP) is 4.24. The molecule has 0 fully saturated rings. The molecule has 2 aromatic carbocycles. The molecule has 0 unspecified atom stereocenters. The van der Waals surface area contributed by atoms with Crippen molar-refractivity contribution in [1.29, 1.82) is 0 Å². The molecule has 2 aromatic rings. The van der Waals surface area contributed by atoms with Crippen LogP contribution in [0.1, 0.15) is 22.8 Å². The molecule has 0 aliphatic rings. The summed E-state index contributed by atoms with van der Waals surface area (Å²) in [5, 5.41) is 0. The van der Waals surface area contributed by atoms with Gasteiger partial charge in [0.25, 0.3) is 0 Å². The van der Waals surface area contributed by atoms with Crippen molar-refractivity contribution < 1.29 is 14.3 Å². The van der Waals surface area contributed by atoms with Crippen LogP contribution in [0.5, 0.6) is 11.5 Å². The second kappa shape index (κ2) is 6.57. The van der Waals surface area contributed by atoms with Gasteiger partial charge in [-0.1, -0.05) is 34.1 Å². The molecule has 0 bridgehead atoms. The van der Waals surface area contributed by atoms with Gasteiger partial charge in [0.15, 0.2) is 5.78 Å². The first kappa shape index (κ1) is 14.6. The molecule has 0 saturated carbocycles. The molecular weight excluding hydrogens is 320 g/mol. The molecule has 0 heterocycles. The van der Waals surface area contributed by atoms with E-state index in [2.05, 4.69) is 15.9 Å². The Morgan fingerprint density at radius 3 is 2.35 bits per heavy atom. The molecule has 20 heavy (non-hydrogen) atoms. The number of benzene rings is 2. The summed E-state index contributed by atoms with van der Waals surface area (Å²) in [4.78, 5) is 11.7. The molecule has 0 spiro atoms. The molecule has 2 rings (SSSR count). The van der Waals surface area contributed by atoms with Crippen molar-refractivity contribution in [3.8, 4) is 11.5 Å². The van der Waals surface area contributed by atoms with Crippen LogP contribution in [-0.2, 0) is 6.61 Å². The molecule has 0 N–H and O–H groups in total. The first-order valence-corrected chi connectivity index (χ1v) is 6.96. The summed E-state index contributed by atoms with van der Waals surface area (Å²) < 4.78 is 12.0. The third kappa shape index (κ3) is 3.39. The van der Waals surface area contributed by atoms with E-state index in [-0.39, 0.29) is 5.78 Å². The highest BCUT2D eigenvalue weighted by atomic mass is 79.9. The quantitative estimate of drug-likeness (QED) is 0.767. The number of Topliss-reactive ketones (excluding diaryl/α,β-unsaturated/α-hetero) is 1. The Balaban J connectivity index is 2.21. The highest BCUT2D eigenvalue weighted by Crippen LogP contribution is 2.29. The minimum atomic E-state index is -0.0757. The molecule has 0 aromatic heterocycles. The van der Waals surface area contributed by atoms with Crippen LogP contribution in [-0.4, -0.2) is 12.9 Å². The van der Waals surface area contributed by atoms with Gasteiger partial charge in [-0.15, -0.1) is 0 Å². The number of carbonyl (C=O) groups is 1. The number of halogens is 1. The van der Waals surface area contributed by atoms with Crippen molar-refractivity contribution in [1.82, 2.24) is 0 Å². The lowest BCUT2D eigenvalue weighted by molar-refractivity contribution is 0.101. The zero-order valence-electron chi connectivity index (χ0n) is 11.4. The lowest BCUT2D eigenvalue weighted by atomic mass is 10.1. The number of hydrogen-bond acceptors (Lipinski definition) is 3. The second-order valence-electron chi connectivity index (χ2n) is 4.30. The lowest BCUT2D eigenvalue weighted by Gasteiger charge is -2.13. The maximum Gasteiger partial charge on any atom is 0.167 e. The fraction of sp³-hybridized carbons (Fsp3) is 0.188. The third-order valence-electron chi connectivity index (χ3n) is 2.87. The zero-order valence-corrected chi connectivity index (χ0v) is 12.9. The monoisotopic (exact) mass is 334 g/mol. The topological polar surface area (TPSA) is 35.5 Å². The summed E-state index contributed by atoms with van der Waals surface area (Å²) >= 11 is 3.39. The van der Waals surface area contributed by atoms with E-state index in [1.54, 1.807) is 19.2 Å². The fourth-order valence-electron chi connectivity index (χ4n) is 1.89. The summed E-state index contributed by atoms with van der Waals surface area (Å²) in [6, 6.07) is 13.2. The summed E-state index contributed by atoms with van der Waals surface area (Å²) in [5.74, 6) is 0.999. The number of ether oxygens (including phenoxy) is 2. The van der Waals surface area contributed by atoms with E-state index in [4.69, 9.17) is 9.47 Å². The molecule has 3 nitrogen and oxygen atoms in total. The molecule has 0 aliphatic carbocycles. The number of carbonyl (C=O) groups excluding carboxylic acids is 1. The average molecular weight is 335 g/mol. The number of methoxy groups -OCH3 is 1. The van der Waals surface area contributed by atoms with E-state index >= 15 is 0 Å². The first-order chi connectivity index (χ1) is 9.61. The van der Waals surface area contributed by atoms with Gasteiger partial charge in [0.1, 0.15) is 23.7 Å². The average Bonchev–Trinajstić information content (AvgIpc) is 2.46. The van der Waals surface area contributed by atoms with Crippen molar-refractivity contribution in [2.75, 3.05) is 7.11 Å². The van der Waals surface area contributed by atoms with E-state index in [0.29, 0.717) is 23.7 Å². The van der Waals surface area contributed by atoms with Crippen LogP contribution in [0.4, 0.5) is 0 Å². The molecule has 0 saturated heterocycles. The molecule has 0 amide bonds. The molecule has 0 radical (unpaired) electrons. The second-order valence-corrected chi connectivity index (χ2v) is 5.22. The highest BCUT2D eigenvalue weighted by molar-refractivity contribution is 9.10. The molecule has 0 aliphatic heterocycles. The normalized spacial score (nSPS) is 10.2. The standard InChI is InChI=1S/C16H15BrO3/c1-11(18)16-14(19-2)4-3-5-15(16)20-10-12-6-8-13(17)9-7-12/h3-9H,10H2,1-2H3. The van der Waals surface area contributed by atoms with Crippen molar-refractivity contribution >= 4 is 21.7 Å². The van der Waals surface area contributed by atoms with Gasteiger partial charge >= 0.3 is 0 Å². The van der Waals surface area contributed by atoms with Crippen molar-refractivity contribution in [2.45, 2.75) is 13.5 Å². The van der Waals surface area contributed by atoms with E-state index in [9.17, 15) is 4.79 Å². The van der Waals surface area contributed by atoms with E-state index in [1.165, 1.54) is 6.92 Å². The van der Waals surface area contributed by atoms with Gasteiger partial charge in [-0.2, -0.15) is 0 Å². The van der Waals surface area contributed by atoms with Gasteiger partial charge in [0, 0.05) is 4.47 Å².